The van der Waals surface area contributed by atoms with E-state index in [-0.39, 0.29) is 10.8 Å². The highest BCUT2D eigenvalue weighted by molar-refractivity contribution is 7.27. The minimum atomic E-state index is -1.52. The molecule has 0 radical (unpaired) electrons. The fourth-order valence-electron chi connectivity index (χ4n) is 22.2. The van der Waals surface area contributed by atoms with Gasteiger partial charge in [0, 0.05) is 119 Å². The number of hydrogen-bond acceptors (Lipinski definition) is 6. The van der Waals surface area contributed by atoms with Crippen molar-refractivity contribution in [2.75, 3.05) is 19.6 Å². The van der Waals surface area contributed by atoms with Gasteiger partial charge < -0.3 is 19.6 Å². The van der Waals surface area contributed by atoms with Crippen LogP contribution in [-0.2, 0) is 10.8 Å². The highest BCUT2D eigenvalue weighted by Crippen LogP contribution is 2.53. The van der Waals surface area contributed by atoms with E-state index in [1.165, 1.54) is 191 Å². The van der Waals surface area contributed by atoms with Gasteiger partial charge in [-0.25, -0.2) is 0 Å². The number of benzene rings is 24. The van der Waals surface area contributed by atoms with E-state index < -0.39 is 16.1 Å². The predicted octanol–water partition coefficient (Wildman–Crippen LogP) is 39.5. The minimum Gasteiger partial charge on any atom is -0.310 e. The molecule has 0 aliphatic rings. The first kappa shape index (κ1) is 87.9. The Balaban J connectivity index is 0.000000149. The molecule has 0 fully saturated rings. The highest BCUT2D eigenvalue weighted by Gasteiger charge is 2.29. The van der Waals surface area contributed by atoms with Crippen molar-refractivity contribution in [3.63, 3.8) is 0 Å². The fraction of sp³-hybridized carbons (Fsp3) is 0.104. The van der Waals surface area contributed by atoms with Crippen molar-refractivity contribution >= 4 is 287 Å². The maximum atomic E-state index is 2.46. The van der Waals surface area contributed by atoms with Crippen LogP contribution in [0.4, 0.5) is 68.2 Å². The summed E-state index contributed by atoms with van der Waals surface area (Å²) in [4.78, 5) is 9.81. The lowest BCUT2D eigenvalue weighted by Crippen LogP contribution is -2.37. The summed E-state index contributed by atoms with van der Waals surface area (Å²) in [5, 5.41) is 38.4. The van der Waals surface area contributed by atoms with E-state index in [2.05, 4.69) is 537 Å². The second-order valence-electron chi connectivity index (χ2n) is 42.8. The molecule has 0 unspecified atom stereocenters. The lowest BCUT2D eigenvalue weighted by atomic mass is 9.87. The number of anilines is 12. The average Bonchev–Trinajstić information content (AvgIpc) is 1.60. The zero-order valence-corrected chi connectivity index (χ0v) is 85.8. The molecule has 26 aromatic rings. The number of rotatable bonds is 14. The van der Waals surface area contributed by atoms with Crippen molar-refractivity contribution in [3.8, 4) is 0 Å². The Morgan fingerprint density at radius 1 is 0.169 bits per heavy atom. The van der Waals surface area contributed by atoms with Gasteiger partial charge in [0.2, 0.25) is 0 Å². The van der Waals surface area contributed by atoms with Gasteiger partial charge in [-0.3, -0.25) is 0 Å². The molecule has 142 heavy (non-hydrogen) atoms. The highest BCUT2D eigenvalue weighted by atomic mass is 32.1. The van der Waals surface area contributed by atoms with Crippen LogP contribution in [0.1, 0.15) is 52.7 Å². The summed E-state index contributed by atoms with van der Waals surface area (Å²) in [5.74, 6) is 0. The maximum Gasteiger partial charge on any atom is 0.0775 e. The van der Waals surface area contributed by atoms with Crippen molar-refractivity contribution in [2.45, 2.75) is 91.7 Å². The second kappa shape index (κ2) is 34.2. The Bertz CT molecular complexity index is 9050. The van der Waals surface area contributed by atoms with Gasteiger partial charge in [0.25, 0.3) is 0 Å². The molecule has 8 heteroatoms. The van der Waals surface area contributed by atoms with Crippen LogP contribution < -0.4 is 30.0 Å². The molecule has 0 N–H and O–H groups in total. The third kappa shape index (κ3) is 15.4. The average molecular weight is 1890 g/mol. The van der Waals surface area contributed by atoms with E-state index >= 15 is 0 Å². The van der Waals surface area contributed by atoms with E-state index in [0.29, 0.717) is 0 Å². The molecule has 0 aliphatic heterocycles. The normalized spacial score (nSPS) is 12.4. The van der Waals surface area contributed by atoms with Crippen molar-refractivity contribution in [1.29, 1.82) is 0 Å². The van der Waals surface area contributed by atoms with E-state index in [0.717, 1.165) is 68.2 Å². The molecule has 0 saturated carbocycles. The zero-order valence-electron chi connectivity index (χ0n) is 82.2. The molecule has 2 heterocycles. The molecule has 0 atom stereocenters. The van der Waals surface area contributed by atoms with Gasteiger partial charge in [-0.2, -0.15) is 0 Å². The number of thiophene rings is 2. The van der Waals surface area contributed by atoms with Crippen molar-refractivity contribution in [1.82, 2.24) is 0 Å². The van der Waals surface area contributed by atoms with Crippen LogP contribution in [0.15, 0.2) is 437 Å². The molecule has 0 amide bonds. The standard InChI is InChI=1S/C68H54N2S.C66H54N2SSi2/c1-67(2,3)47-25-31-49(32-26-47)69(51-29-23-45-21-19-43-13-7-9-15-55(43)61(45)39-51)53-35-37-59-63(41-53)57-17-11-12-18-58(57)65-60-38-36-54(42-64(60)71-66(59)65)70(50-33-27-48(28-34-50)68(4,5)6)52-30-24-46-22-20-44-14-8-10-16-56(44)62(46)40-52;1-70(2,3)53-33-27-47(28-34-53)67(49-25-23-45-21-19-43-13-7-9-15-55(43)61(45)39-49)51-31-37-59-63(41-51)57-17-11-12-18-58(57)65-60-38-32-52(42-64(60)69-66(59)65)68(48-29-35-54(36-30-48)71(4,5)6)50-26-24-46-22-20-44-14-8-10-16-56(44)62(46)40-50/h2*7-42H,1-6H3. The lowest BCUT2D eigenvalue weighted by molar-refractivity contribution is 0.590. The number of hydrogen-bond donors (Lipinski definition) is 0. The van der Waals surface area contributed by atoms with Crippen LogP contribution in [0, 0.1) is 0 Å². The van der Waals surface area contributed by atoms with Gasteiger partial charge in [0.05, 0.1) is 16.1 Å². The van der Waals surface area contributed by atoms with Crippen LogP contribution in [0.25, 0.3) is 170 Å². The molecule has 4 nitrogen and oxygen atoms in total. The van der Waals surface area contributed by atoms with Gasteiger partial charge in [-0.1, -0.05) is 382 Å². The largest absolute Gasteiger partial charge is 0.310 e. The van der Waals surface area contributed by atoms with Crippen molar-refractivity contribution in [3.05, 3.63) is 448 Å². The molecule has 2 aromatic heterocycles. The van der Waals surface area contributed by atoms with Gasteiger partial charge in [0.1, 0.15) is 0 Å². The van der Waals surface area contributed by atoms with E-state index in [1.807, 2.05) is 22.7 Å². The van der Waals surface area contributed by atoms with Crippen LogP contribution >= 0.6 is 22.7 Å². The van der Waals surface area contributed by atoms with Gasteiger partial charge in [-0.05, 0) is 286 Å². The molecule has 26 rings (SSSR count). The fourth-order valence-corrected chi connectivity index (χ4v) is 27.1. The predicted molar refractivity (Wildman–Crippen MR) is 631 cm³/mol. The summed E-state index contributed by atoms with van der Waals surface area (Å²) in [6.07, 6.45) is 0. The Hall–Kier alpha value is -15.5. The summed E-state index contributed by atoms with van der Waals surface area (Å²) in [7, 11) is -3.02. The maximum absolute atomic E-state index is 2.46. The summed E-state index contributed by atoms with van der Waals surface area (Å²) < 4.78 is 5.19. The molecule has 24 aromatic carbocycles. The topological polar surface area (TPSA) is 13.0 Å². The Morgan fingerprint density at radius 3 is 0.641 bits per heavy atom. The zero-order chi connectivity index (χ0) is 96.3. The molecule has 0 bridgehead atoms. The van der Waals surface area contributed by atoms with Crippen molar-refractivity contribution < 1.29 is 0 Å². The Morgan fingerprint density at radius 2 is 0.373 bits per heavy atom. The van der Waals surface area contributed by atoms with Crippen LogP contribution in [0.3, 0.4) is 0 Å². The van der Waals surface area contributed by atoms with E-state index in [1.54, 1.807) is 0 Å². The molecule has 0 saturated heterocycles. The van der Waals surface area contributed by atoms with Gasteiger partial charge >= 0.3 is 0 Å². The third-order valence-electron chi connectivity index (χ3n) is 29.8. The first-order valence-electron chi connectivity index (χ1n) is 49.8. The minimum absolute atomic E-state index is 0.0469. The molecular formula is C134H108N4S2Si2. The Labute approximate surface area is 839 Å². The summed E-state index contributed by atoms with van der Waals surface area (Å²) >= 11 is 3.83. The summed E-state index contributed by atoms with van der Waals surface area (Å²) in [6, 6.07) is 165. The quantitative estimate of drug-likeness (QED) is 0.0795. The molecule has 684 valence electrons. The summed E-state index contributed by atoms with van der Waals surface area (Å²) in [6.45, 7) is 28.2. The van der Waals surface area contributed by atoms with Gasteiger partial charge in [0.15, 0.2) is 0 Å². The summed E-state index contributed by atoms with van der Waals surface area (Å²) in [5.41, 5.74) is 16.5. The first-order valence-corrected chi connectivity index (χ1v) is 58.4. The number of nitrogens with zero attached hydrogens (tertiary/aromatic N) is 4. The Kier molecular flexibility index (Phi) is 21.2. The second-order valence-corrected chi connectivity index (χ2v) is 55.1. The number of fused-ring (bicyclic) bond motifs is 28. The molecular weight excluding hydrogens is 1790 g/mol. The van der Waals surface area contributed by atoms with E-state index in [9.17, 15) is 0 Å². The molecule has 0 spiro atoms. The van der Waals surface area contributed by atoms with Gasteiger partial charge in [-0.15, -0.1) is 22.7 Å². The third-order valence-corrected chi connectivity index (χ3v) is 36.3. The first-order chi connectivity index (χ1) is 68.9. The van der Waals surface area contributed by atoms with Crippen LogP contribution in [-0.4, -0.2) is 16.1 Å². The SMILES string of the molecule is CC(C)(C)c1ccc(N(c2ccc3c(c2)sc2c4ccc(N(c5ccc(C(C)(C)C)cc5)c5ccc6ccc7ccccc7c6c5)cc4c4ccccc4c32)c2ccc3ccc4ccccc4c3c2)cc1.C[Si](C)(C)c1ccc(N(c2ccc3c(c2)sc2c4ccc(N(c5ccc([Si](C)(C)C)cc5)c5ccc6ccc7ccccc7c6c5)cc4c4ccccc4c32)c2ccc3ccc4ccccc4c3c2)cc1. The monoisotopic (exact) mass is 1890 g/mol. The lowest BCUT2D eigenvalue weighted by Gasteiger charge is -2.28. The van der Waals surface area contributed by atoms with Crippen LogP contribution in [0.5, 0.6) is 0 Å². The smallest absolute Gasteiger partial charge is 0.0775 e. The van der Waals surface area contributed by atoms with Crippen LogP contribution in [0.2, 0.25) is 39.3 Å². The van der Waals surface area contributed by atoms with Crippen molar-refractivity contribution in [2.24, 2.45) is 0 Å². The van der Waals surface area contributed by atoms with E-state index in [4.69, 9.17) is 0 Å². The molecule has 0 aliphatic carbocycles.